The molecule has 0 saturated carbocycles. The van der Waals surface area contributed by atoms with E-state index in [9.17, 15) is 9.90 Å². The minimum Gasteiger partial charge on any atom is -0.488 e. The van der Waals surface area contributed by atoms with Gasteiger partial charge in [-0.15, -0.1) is 0 Å². The van der Waals surface area contributed by atoms with Crippen LogP contribution < -0.4 is 4.74 Å². The Kier molecular flexibility index (Phi) is 5.81. The molecule has 2 aliphatic rings. The molecule has 28 heavy (non-hydrogen) atoms. The summed E-state index contributed by atoms with van der Waals surface area (Å²) >= 11 is 0. The van der Waals surface area contributed by atoms with Crippen LogP contribution in [0.15, 0.2) is 48.5 Å². The predicted molar refractivity (Wildman–Crippen MR) is 106 cm³/mol. The number of nitrogens with zero attached hydrogens (tertiary/aromatic N) is 1. The first kappa shape index (κ1) is 18.8. The van der Waals surface area contributed by atoms with E-state index in [0.717, 1.165) is 24.2 Å². The monoisotopic (exact) mass is 381 g/mol. The molecular formula is C23H27NO4. The molecule has 0 spiro atoms. The van der Waals surface area contributed by atoms with Crippen molar-refractivity contribution in [3.8, 4) is 5.75 Å². The molecule has 1 saturated heterocycles. The lowest BCUT2D eigenvalue weighted by Crippen LogP contribution is -2.51. The fourth-order valence-corrected chi connectivity index (χ4v) is 3.98. The summed E-state index contributed by atoms with van der Waals surface area (Å²) in [7, 11) is 0. The van der Waals surface area contributed by atoms with E-state index < -0.39 is 12.2 Å². The second kappa shape index (κ2) is 8.65. The molecule has 0 radical (unpaired) electrons. The zero-order valence-corrected chi connectivity index (χ0v) is 16.0. The van der Waals surface area contributed by atoms with Crippen LogP contribution in [0.2, 0.25) is 0 Å². The van der Waals surface area contributed by atoms with Crippen molar-refractivity contribution >= 4 is 6.09 Å². The predicted octanol–water partition coefficient (Wildman–Crippen LogP) is 3.72. The molecule has 2 aromatic carbocycles. The van der Waals surface area contributed by atoms with Crippen molar-refractivity contribution < 1.29 is 19.4 Å². The van der Waals surface area contributed by atoms with Crippen molar-refractivity contribution in [1.29, 1.82) is 0 Å². The number of aryl methyl sites for hydroxylation is 2. The summed E-state index contributed by atoms with van der Waals surface area (Å²) in [6, 6.07) is 15.8. The molecule has 1 amide bonds. The summed E-state index contributed by atoms with van der Waals surface area (Å²) in [6.07, 6.45) is 3.87. The maximum atomic E-state index is 12.3. The van der Waals surface area contributed by atoms with Gasteiger partial charge in [-0.3, -0.25) is 0 Å². The van der Waals surface area contributed by atoms with Crippen LogP contribution in [0.25, 0.3) is 0 Å². The van der Waals surface area contributed by atoms with Crippen molar-refractivity contribution in [2.24, 2.45) is 0 Å². The van der Waals surface area contributed by atoms with Crippen LogP contribution in [0, 0.1) is 0 Å². The van der Waals surface area contributed by atoms with Crippen LogP contribution in [0.5, 0.6) is 5.75 Å². The van der Waals surface area contributed by atoms with Crippen molar-refractivity contribution in [2.75, 3.05) is 13.1 Å². The van der Waals surface area contributed by atoms with Crippen LogP contribution >= 0.6 is 0 Å². The number of benzene rings is 2. The third-order valence-electron chi connectivity index (χ3n) is 5.59. The van der Waals surface area contributed by atoms with Crippen LogP contribution in [0.1, 0.15) is 36.0 Å². The van der Waals surface area contributed by atoms with Crippen molar-refractivity contribution in [3.05, 3.63) is 65.2 Å². The molecule has 1 heterocycles. The molecule has 1 fully saturated rings. The van der Waals surface area contributed by atoms with E-state index in [2.05, 4.69) is 12.1 Å². The number of amides is 1. The standard InChI is InChI=1S/C23H27NO4/c25-21-15-24(23(26)27-16-17-6-2-1-3-7-17)13-12-22(21)28-20-11-10-18-8-4-5-9-19(18)14-20/h1-3,6-7,10-11,14,21-22,25H,4-5,8-9,12-13,15-16H2/t21-,22-/m1/s1. The topological polar surface area (TPSA) is 59.0 Å². The van der Waals surface area contributed by atoms with E-state index >= 15 is 0 Å². The number of aliphatic hydroxyl groups is 1. The molecule has 1 aliphatic carbocycles. The quantitative estimate of drug-likeness (QED) is 0.877. The lowest BCUT2D eigenvalue weighted by Gasteiger charge is -2.35. The number of rotatable bonds is 4. The normalized spacial score (nSPS) is 21.7. The molecule has 2 atom stereocenters. The van der Waals surface area contributed by atoms with Crippen molar-refractivity contribution in [2.45, 2.75) is 50.9 Å². The van der Waals surface area contributed by atoms with Crippen LogP contribution in [-0.4, -0.2) is 41.4 Å². The lowest BCUT2D eigenvalue weighted by molar-refractivity contribution is -0.0253. The SMILES string of the molecule is O=C(OCc1ccccc1)N1CC[C@@H](Oc2ccc3c(c2)CCCC3)[C@H](O)C1. The van der Waals surface area contributed by atoms with E-state index in [4.69, 9.17) is 9.47 Å². The average molecular weight is 381 g/mol. The zero-order valence-electron chi connectivity index (χ0n) is 16.0. The Morgan fingerprint density at radius 2 is 1.86 bits per heavy atom. The zero-order chi connectivity index (χ0) is 19.3. The molecular weight excluding hydrogens is 354 g/mol. The highest BCUT2D eigenvalue weighted by molar-refractivity contribution is 5.67. The van der Waals surface area contributed by atoms with Crippen LogP contribution in [-0.2, 0) is 24.2 Å². The molecule has 0 unspecified atom stereocenters. The molecule has 4 rings (SSSR count). The number of hydrogen-bond acceptors (Lipinski definition) is 4. The molecule has 0 bridgehead atoms. The lowest BCUT2D eigenvalue weighted by atomic mass is 9.92. The number of ether oxygens (including phenoxy) is 2. The molecule has 5 nitrogen and oxygen atoms in total. The number of carbonyl (C=O) groups excluding carboxylic acids is 1. The smallest absolute Gasteiger partial charge is 0.410 e. The fourth-order valence-electron chi connectivity index (χ4n) is 3.98. The van der Waals surface area contributed by atoms with Gasteiger partial charge in [0, 0.05) is 13.0 Å². The van der Waals surface area contributed by atoms with Gasteiger partial charge in [-0.05, 0) is 54.5 Å². The third-order valence-corrected chi connectivity index (χ3v) is 5.59. The molecule has 5 heteroatoms. The van der Waals surface area contributed by atoms with Gasteiger partial charge in [0.1, 0.15) is 24.6 Å². The highest BCUT2D eigenvalue weighted by Gasteiger charge is 2.32. The molecule has 0 aromatic heterocycles. The van der Waals surface area contributed by atoms with Gasteiger partial charge in [0.05, 0.1) is 6.54 Å². The Morgan fingerprint density at radius 1 is 1.07 bits per heavy atom. The second-order valence-corrected chi connectivity index (χ2v) is 7.64. The van der Waals surface area contributed by atoms with Gasteiger partial charge in [0.15, 0.2) is 0 Å². The molecule has 1 N–H and O–H groups in total. The van der Waals surface area contributed by atoms with Gasteiger partial charge in [-0.1, -0.05) is 36.4 Å². The first-order valence-corrected chi connectivity index (χ1v) is 10.1. The number of likely N-dealkylation sites (tertiary alicyclic amines) is 1. The number of aliphatic hydroxyl groups excluding tert-OH is 1. The van der Waals surface area contributed by atoms with E-state index in [1.54, 1.807) is 4.90 Å². The maximum Gasteiger partial charge on any atom is 0.410 e. The van der Waals surface area contributed by atoms with Gasteiger partial charge < -0.3 is 19.5 Å². The van der Waals surface area contributed by atoms with E-state index in [1.165, 1.54) is 24.0 Å². The van der Waals surface area contributed by atoms with Gasteiger partial charge in [0.25, 0.3) is 0 Å². The minimum absolute atomic E-state index is 0.225. The highest BCUT2D eigenvalue weighted by atomic mass is 16.6. The number of piperidine rings is 1. The summed E-state index contributed by atoms with van der Waals surface area (Å²) in [5, 5.41) is 10.5. The Labute approximate surface area is 165 Å². The number of fused-ring (bicyclic) bond motifs is 1. The largest absolute Gasteiger partial charge is 0.488 e. The van der Waals surface area contributed by atoms with Crippen LogP contribution in [0.4, 0.5) is 4.79 Å². The first-order valence-electron chi connectivity index (χ1n) is 10.1. The number of carbonyl (C=O) groups is 1. The summed E-state index contributed by atoms with van der Waals surface area (Å²) in [6.45, 7) is 0.977. The molecule has 148 valence electrons. The molecule has 1 aliphatic heterocycles. The Bertz CT molecular complexity index is 808. The number of β-amino-alcohol motifs (C(OH)–C–C–N with tert-alkyl or cyclic N) is 1. The summed E-state index contributed by atoms with van der Waals surface area (Å²) in [5.41, 5.74) is 3.72. The second-order valence-electron chi connectivity index (χ2n) is 7.64. The van der Waals surface area contributed by atoms with Gasteiger partial charge in [0.2, 0.25) is 0 Å². The van der Waals surface area contributed by atoms with E-state index in [1.807, 2.05) is 36.4 Å². The van der Waals surface area contributed by atoms with Crippen LogP contribution in [0.3, 0.4) is 0 Å². The Balaban J connectivity index is 1.29. The average Bonchev–Trinajstić information content (AvgIpc) is 2.74. The summed E-state index contributed by atoms with van der Waals surface area (Å²) < 4.78 is 11.4. The number of hydrogen-bond donors (Lipinski definition) is 1. The minimum atomic E-state index is -0.728. The first-order chi connectivity index (χ1) is 13.7. The third kappa shape index (κ3) is 4.47. The maximum absolute atomic E-state index is 12.3. The fraction of sp³-hybridized carbons (Fsp3) is 0.435. The van der Waals surface area contributed by atoms with Gasteiger partial charge in [-0.2, -0.15) is 0 Å². The molecule has 2 aromatic rings. The van der Waals surface area contributed by atoms with Crippen molar-refractivity contribution in [3.63, 3.8) is 0 Å². The van der Waals surface area contributed by atoms with Gasteiger partial charge in [-0.25, -0.2) is 4.79 Å². The Morgan fingerprint density at radius 3 is 2.64 bits per heavy atom. The van der Waals surface area contributed by atoms with E-state index in [0.29, 0.717) is 13.0 Å². The summed E-state index contributed by atoms with van der Waals surface area (Å²) in [4.78, 5) is 13.9. The van der Waals surface area contributed by atoms with E-state index in [-0.39, 0.29) is 19.3 Å². The van der Waals surface area contributed by atoms with Crippen molar-refractivity contribution in [1.82, 2.24) is 4.90 Å². The highest BCUT2D eigenvalue weighted by Crippen LogP contribution is 2.27. The van der Waals surface area contributed by atoms with Gasteiger partial charge >= 0.3 is 6.09 Å². The summed E-state index contributed by atoms with van der Waals surface area (Å²) in [5.74, 6) is 0.810. The Hall–Kier alpha value is -2.53.